The van der Waals surface area contributed by atoms with Gasteiger partial charge in [-0.1, -0.05) is 41.6 Å². The van der Waals surface area contributed by atoms with Crippen molar-refractivity contribution in [2.75, 3.05) is 5.32 Å². The van der Waals surface area contributed by atoms with Gasteiger partial charge in [-0.3, -0.25) is 0 Å². The molecule has 128 valence electrons. The maximum atomic E-state index is 11.2. The van der Waals surface area contributed by atoms with Gasteiger partial charge in [-0.2, -0.15) is 0 Å². The highest BCUT2D eigenvalue weighted by Crippen LogP contribution is 2.28. The highest BCUT2D eigenvalue weighted by atomic mass is 35.5. The number of aromatic nitrogens is 2. The summed E-state index contributed by atoms with van der Waals surface area (Å²) in [5.41, 5.74) is 2.57. The lowest BCUT2D eigenvalue weighted by molar-refractivity contribution is 0.0698. The molecular weight excluding hydrogens is 378 g/mol. The normalized spacial score (nSPS) is 10.6. The number of halogens is 1. The highest BCUT2D eigenvalue weighted by Gasteiger charge is 2.12. The number of carboxylic acid groups (broad SMARTS) is 1. The first-order valence-electron chi connectivity index (χ1n) is 7.31. The minimum absolute atomic E-state index is 0.228. The molecule has 3 rings (SSSR count). The molecule has 0 saturated heterocycles. The van der Waals surface area contributed by atoms with E-state index in [9.17, 15) is 9.90 Å². The fraction of sp³-hybridized carbons (Fsp3) is 0.118. The number of carboxylic acids is 1. The molecule has 1 aromatic carbocycles. The SMILES string of the molecule is Cc1cc(Nc2cscc2C(=O)O)nc(SCc2ccccc2Cl)n1. The van der Waals surface area contributed by atoms with E-state index >= 15 is 0 Å². The molecule has 0 spiro atoms. The second kappa shape index (κ2) is 7.86. The van der Waals surface area contributed by atoms with Gasteiger partial charge in [-0.05, 0) is 18.6 Å². The van der Waals surface area contributed by atoms with Gasteiger partial charge in [0, 0.05) is 33.3 Å². The Kier molecular flexibility index (Phi) is 5.57. The Morgan fingerprint density at radius 3 is 2.88 bits per heavy atom. The quantitative estimate of drug-likeness (QED) is 0.442. The Labute approximate surface area is 158 Å². The van der Waals surface area contributed by atoms with Crippen LogP contribution in [0.3, 0.4) is 0 Å². The van der Waals surface area contributed by atoms with Crippen LogP contribution in [0.4, 0.5) is 11.5 Å². The van der Waals surface area contributed by atoms with E-state index in [0.717, 1.165) is 11.3 Å². The molecular formula is C17H14ClN3O2S2. The molecule has 5 nitrogen and oxygen atoms in total. The van der Waals surface area contributed by atoms with Gasteiger partial charge in [0.2, 0.25) is 0 Å². The maximum absolute atomic E-state index is 11.2. The lowest BCUT2D eigenvalue weighted by atomic mass is 10.2. The average Bonchev–Trinajstić information content (AvgIpc) is 3.02. The minimum atomic E-state index is -0.970. The first-order valence-corrected chi connectivity index (χ1v) is 9.62. The van der Waals surface area contributed by atoms with Crippen molar-refractivity contribution in [2.45, 2.75) is 17.8 Å². The van der Waals surface area contributed by atoms with Crippen molar-refractivity contribution in [3.8, 4) is 0 Å². The van der Waals surface area contributed by atoms with Crippen LogP contribution in [0.25, 0.3) is 0 Å². The topological polar surface area (TPSA) is 75.1 Å². The van der Waals surface area contributed by atoms with Crippen LogP contribution in [0.15, 0.2) is 46.2 Å². The number of thioether (sulfide) groups is 1. The first kappa shape index (κ1) is 17.7. The first-order chi connectivity index (χ1) is 12.0. The number of carbonyl (C=O) groups is 1. The monoisotopic (exact) mass is 391 g/mol. The van der Waals surface area contributed by atoms with Crippen molar-refractivity contribution in [3.05, 3.63) is 62.9 Å². The molecule has 3 aromatic rings. The Hall–Kier alpha value is -2.09. The number of aromatic carboxylic acids is 1. The van der Waals surface area contributed by atoms with Gasteiger partial charge in [0.05, 0.1) is 11.3 Å². The van der Waals surface area contributed by atoms with Crippen LogP contribution in [-0.2, 0) is 5.75 Å². The van der Waals surface area contributed by atoms with Gasteiger partial charge in [0.15, 0.2) is 5.16 Å². The summed E-state index contributed by atoms with van der Waals surface area (Å²) in [4.78, 5) is 20.1. The van der Waals surface area contributed by atoms with E-state index in [1.165, 1.54) is 23.1 Å². The number of hydrogen-bond donors (Lipinski definition) is 2. The molecule has 0 radical (unpaired) electrons. The summed E-state index contributed by atoms with van der Waals surface area (Å²) in [5, 5.41) is 16.9. The van der Waals surface area contributed by atoms with Crippen molar-refractivity contribution < 1.29 is 9.90 Å². The van der Waals surface area contributed by atoms with Crippen molar-refractivity contribution in [2.24, 2.45) is 0 Å². The molecule has 0 aliphatic rings. The van der Waals surface area contributed by atoms with Crippen molar-refractivity contribution in [3.63, 3.8) is 0 Å². The van der Waals surface area contributed by atoms with Gasteiger partial charge < -0.3 is 10.4 Å². The summed E-state index contributed by atoms with van der Waals surface area (Å²) in [6, 6.07) is 9.43. The molecule has 25 heavy (non-hydrogen) atoms. The van der Waals surface area contributed by atoms with Crippen LogP contribution in [0.5, 0.6) is 0 Å². The summed E-state index contributed by atoms with van der Waals surface area (Å²) in [6.45, 7) is 1.87. The van der Waals surface area contributed by atoms with Crippen molar-refractivity contribution >= 4 is 52.2 Å². The number of nitrogens with one attached hydrogen (secondary N) is 1. The van der Waals surface area contributed by atoms with Gasteiger partial charge in [0.1, 0.15) is 5.82 Å². The molecule has 2 N–H and O–H groups in total. The fourth-order valence-corrected chi connectivity index (χ4v) is 4.07. The van der Waals surface area contributed by atoms with E-state index in [4.69, 9.17) is 11.6 Å². The average molecular weight is 392 g/mol. The zero-order valence-corrected chi connectivity index (χ0v) is 15.6. The number of thiophene rings is 1. The van der Waals surface area contributed by atoms with Gasteiger partial charge in [-0.15, -0.1) is 11.3 Å². The number of anilines is 2. The number of aryl methyl sites for hydroxylation is 1. The summed E-state index contributed by atoms with van der Waals surface area (Å²) in [5.74, 6) is 0.249. The second-order valence-electron chi connectivity index (χ2n) is 5.19. The smallest absolute Gasteiger partial charge is 0.338 e. The van der Waals surface area contributed by atoms with Crippen molar-refractivity contribution in [1.82, 2.24) is 9.97 Å². The van der Waals surface area contributed by atoms with Crippen LogP contribution in [0.1, 0.15) is 21.6 Å². The Balaban J connectivity index is 1.77. The van der Waals surface area contributed by atoms with E-state index in [-0.39, 0.29) is 5.56 Å². The van der Waals surface area contributed by atoms with Crippen LogP contribution in [0.2, 0.25) is 5.02 Å². The molecule has 0 bridgehead atoms. The van der Waals surface area contributed by atoms with E-state index in [0.29, 0.717) is 27.4 Å². The van der Waals surface area contributed by atoms with Gasteiger partial charge >= 0.3 is 5.97 Å². The molecule has 0 unspecified atom stereocenters. The Morgan fingerprint density at radius 1 is 1.32 bits per heavy atom. The van der Waals surface area contributed by atoms with Gasteiger partial charge in [0.25, 0.3) is 0 Å². The third-order valence-electron chi connectivity index (χ3n) is 3.30. The van der Waals surface area contributed by atoms with Crippen LogP contribution >= 0.6 is 34.7 Å². The summed E-state index contributed by atoms with van der Waals surface area (Å²) >= 11 is 8.98. The molecule has 0 saturated carbocycles. The summed E-state index contributed by atoms with van der Waals surface area (Å²) in [7, 11) is 0. The van der Waals surface area contributed by atoms with E-state index in [2.05, 4.69) is 15.3 Å². The number of nitrogens with zero attached hydrogens (tertiary/aromatic N) is 2. The van der Waals surface area contributed by atoms with Crippen molar-refractivity contribution in [1.29, 1.82) is 0 Å². The molecule has 0 aliphatic carbocycles. The van der Waals surface area contributed by atoms with Crippen LogP contribution in [0, 0.1) is 6.92 Å². The zero-order valence-electron chi connectivity index (χ0n) is 13.2. The third kappa shape index (κ3) is 4.50. The minimum Gasteiger partial charge on any atom is -0.478 e. The standard InChI is InChI=1S/C17H14ClN3O2S2/c1-10-6-15(20-14-9-24-8-12(14)16(22)23)21-17(19-10)25-7-11-4-2-3-5-13(11)18/h2-6,8-9H,7H2,1H3,(H,22,23)(H,19,20,21). The molecule has 0 atom stereocenters. The van der Waals surface area contributed by atoms with Gasteiger partial charge in [-0.25, -0.2) is 14.8 Å². The van der Waals surface area contributed by atoms with E-state index < -0.39 is 5.97 Å². The summed E-state index contributed by atoms with van der Waals surface area (Å²) < 4.78 is 0. The molecule has 0 amide bonds. The number of rotatable bonds is 6. The lowest BCUT2D eigenvalue weighted by Crippen LogP contribution is -2.02. The Morgan fingerprint density at radius 2 is 2.12 bits per heavy atom. The largest absolute Gasteiger partial charge is 0.478 e. The van der Waals surface area contributed by atoms with Crippen LogP contribution < -0.4 is 5.32 Å². The lowest BCUT2D eigenvalue weighted by Gasteiger charge is -2.08. The van der Waals surface area contributed by atoms with E-state index in [1.807, 2.05) is 31.2 Å². The summed E-state index contributed by atoms with van der Waals surface area (Å²) in [6.07, 6.45) is 0. The zero-order chi connectivity index (χ0) is 17.8. The van der Waals surface area contributed by atoms with Crippen LogP contribution in [-0.4, -0.2) is 21.0 Å². The maximum Gasteiger partial charge on any atom is 0.338 e. The number of benzene rings is 1. The highest BCUT2D eigenvalue weighted by molar-refractivity contribution is 7.98. The third-order valence-corrected chi connectivity index (χ3v) is 5.31. The molecule has 8 heteroatoms. The molecule has 0 aliphatic heterocycles. The Bertz CT molecular complexity index is 914. The second-order valence-corrected chi connectivity index (χ2v) is 7.28. The molecule has 0 fully saturated rings. The fourth-order valence-electron chi connectivity index (χ4n) is 2.13. The molecule has 2 heterocycles. The predicted molar refractivity (Wildman–Crippen MR) is 102 cm³/mol. The molecule has 2 aromatic heterocycles. The van der Waals surface area contributed by atoms with E-state index in [1.54, 1.807) is 16.8 Å². The predicted octanol–water partition coefficient (Wildman–Crippen LogP) is 5.23. The number of hydrogen-bond acceptors (Lipinski definition) is 6.